The Morgan fingerprint density at radius 1 is 1.14 bits per heavy atom. The van der Waals surface area contributed by atoms with E-state index in [0.29, 0.717) is 22.9 Å². The Bertz CT molecular complexity index is 691. The van der Waals surface area contributed by atoms with Gasteiger partial charge in [0.1, 0.15) is 4.21 Å². The summed E-state index contributed by atoms with van der Waals surface area (Å²) in [6.45, 7) is 2.59. The van der Waals surface area contributed by atoms with Crippen molar-refractivity contribution < 1.29 is 8.42 Å². The van der Waals surface area contributed by atoms with E-state index in [1.165, 1.54) is 21.2 Å². The monoisotopic (exact) mass is 324 g/mol. The molecule has 0 aliphatic heterocycles. The van der Waals surface area contributed by atoms with Crippen LogP contribution < -0.4 is 10.0 Å². The molecule has 0 spiro atoms. The second kappa shape index (κ2) is 6.60. The molecule has 0 unspecified atom stereocenters. The molecule has 2 aromatic rings. The number of rotatable bonds is 6. The van der Waals surface area contributed by atoms with E-state index < -0.39 is 10.0 Å². The summed E-state index contributed by atoms with van der Waals surface area (Å²) in [6.07, 6.45) is 1.64. The van der Waals surface area contributed by atoms with Gasteiger partial charge in [0, 0.05) is 11.9 Å². The average Bonchev–Trinajstić information content (AvgIpc) is 2.96. The number of benzene rings is 1. The van der Waals surface area contributed by atoms with Crippen LogP contribution in [-0.4, -0.2) is 22.0 Å². The Labute approximate surface area is 130 Å². The Kier molecular flexibility index (Phi) is 5.03. The molecule has 0 atom stereocenters. The predicted octanol–water partition coefficient (Wildman–Crippen LogP) is 2.64. The van der Waals surface area contributed by atoms with Gasteiger partial charge in [-0.05, 0) is 49.2 Å². The van der Waals surface area contributed by atoms with E-state index >= 15 is 0 Å². The summed E-state index contributed by atoms with van der Waals surface area (Å²) in [5.41, 5.74) is 7.36. The Morgan fingerprint density at radius 3 is 2.38 bits per heavy atom. The third-order valence-electron chi connectivity index (χ3n) is 3.35. The molecule has 6 heteroatoms. The van der Waals surface area contributed by atoms with Crippen LogP contribution in [0.1, 0.15) is 17.4 Å². The molecule has 0 saturated heterocycles. The lowest BCUT2D eigenvalue weighted by atomic mass is 10.1. The van der Waals surface area contributed by atoms with E-state index in [9.17, 15) is 8.42 Å². The zero-order chi connectivity index (χ0) is 15.5. The summed E-state index contributed by atoms with van der Waals surface area (Å²) in [6, 6.07) is 11.1. The lowest BCUT2D eigenvalue weighted by Crippen LogP contribution is -2.25. The largest absolute Gasteiger partial charge is 0.330 e. The van der Waals surface area contributed by atoms with Gasteiger partial charge in [0.25, 0.3) is 10.0 Å². The zero-order valence-electron chi connectivity index (χ0n) is 12.2. The number of anilines is 1. The number of thiophene rings is 1. The first-order valence-electron chi connectivity index (χ1n) is 6.85. The molecular weight excluding hydrogens is 304 g/mol. The smallest absolute Gasteiger partial charge is 0.273 e. The van der Waals surface area contributed by atoms with Gasteiger partial charge in [0.2, 0.25) is 0 Å². The SMILES string of the molecule is CCc1ccc(N(C)S(=O)(=O)c2ccc(CCN)s2)cc1. The lowest BCUT2D eigenvalue weighted by Gasteiger charge is -2.18. The highest BCUT2D eigenvalue weighted by Crippen LogP contribution is 2.28. The molecule has 4 nitrogen and oxygen atoms in total. The van der Waals surface area contributed by atoms with Gasteiger partial charge in [-0.1, -0.05) is 19.1 Å². The Hall–Kier alpha value is -1.37. The minimum atomic E-state index is -3.50. The van der Waals surface area contributed by atoms with E-state index in [0.717, 1.165) is 11.3 Å². The maximum Gasteiger partial charge on any atom is 0.273 e. The highest BCUT2D eigenvalue weighted by molar-refractivity contribution is 7.94. The van der Waals surface area contributed by atoms with Gasteiger partial charge in [-0.15, -0.1) is 11.3 Å². The van der Waals surface area contributed by atoms with Gasteiger partial charge in [-0.3, -0.25) is 4.31 Å². The molecule has 114 valence electrons. The number of hydrogen-bond acceptors (Lipinski definition) is 4. The number of sulfonamides is 1. The van der Waals surface area contributed by atoms with Gasteiger partial charge in [-0.2, -0.15) is 0 Å². The van der Waals surface area contributed by atoms with Crippen molar-refractivity contribution in [3.8, 4) is 0 Å². The van der Waals surface area contributed by atoms with Crippen LogP contribution in [0.3, 0.4) is 0 Å². The van der Waals surface area contributed by atoms with Gasteiger partial charge in [0.15, 0.2) is 0 Å². The molecule has 0 aliphatic carbocycles. The molecule has 1 aromatic heterocycles. The summed E-state index contributed by atoms with van der Waals surface area (Å²) in [5, 5.41) is 0. The molecular formula is C15H20N2O2S2. The molecule has 0 amide bonds. The van der Waals surface area contributed by atoms with Crippen molar-refractivity contribution in [2.24, 2.45) is 5.73 Å². The van der Waals surface area contributed by atoms with Crippen molar-refractivity contribution in [3.63, 3.8) is 0 Å². The number of hydrogen-bond donors (Lipinski definition) is 1. The third kappa shape index (κ3) is 3.45. The van der Waals surface area contributed by atoms with E-state index in [2.05, 4.69) is 6.92 Å². The molecule has 0 aliphatic rings. The first-order chi connectivity index (χ1) is 9.98. The van der Waals surface area contributed by atoms with Gasteiger partial charge in [-0.25, -0.2) is 8.42 Å². The van der Waals surface area contributed by atoms with Crippen LogP contribution in [-0.2, 0) is 22.9 Å². The van der Waals surface area contributed by atoms with Crippen LogP contribution in [0.4, 0.5) is 5.69 Å². The van der Waals surface area contributed by atoms with E-state index in [1.807, 2.05) is 30.3 Å². The first-order valence-corrected chi connectivity index (χ1v) is 9.11. The fourth-order valence-corrected chi connectivity index (χ4v) is 4.73. The van der Waals surface area contributed by atoms with Crippen molar-refractivity contribution in [2.45, 2.75) is 24.0 Å². The van der Waals surface area contributed by atoms with Crippen molar-refractivity contribution in [1.82, 2.24) is 0 Å². The van der Waals surface area contributed by atoms with Crippen molar-refractivity contribution >= 4 is 27.0 Å². The third-order valence-corrected chi connectivity index (χ3v) is 6.75. The Balaban J connectivity index is 2.28. The normalized spacial score (nSPS) is 11.6. The van der Waals surface area contributed by atoms with Gasteiger partial charge in [0.05, 0.1) is 5.69 Å². The molecule has 0 bridgehead atoms. The van der Waals surface area contributed by atoms with Crippen LogP contribution in [0.5, 0.6) is 0 Å². The van der Waals surface area contributed by atoms with Crippen LogP contribution in [0, 0.1) is 0 Å². The molecule has 1 heterocycles. The predicted molar refractivity (Wildman–Crippen MR) is 88.5 cm³/mol. The first kappa shape index (κ1) is 16.0. The zero-order valence-corrected chi connectivity index (χ0v) is 13.9. The van der Waals surface area contributed by atoms with Crippen LogP contribution >= 0.6 is 11.3 Å². The van der Waals surface area contributed by atoms with Crippen molar-refractivity contribution in [1.29, 1.82) is 0 Å². The second-order valence-corrected chi connectivity index (χ2v) is 8.12. The van der Waals surface area contributed by atoms with Crippen molar-refractivity contribution in [2.75, 3.05) is 17.9 Å². The highest BCUT2D eigenvalue weighted by Gasteiger charge is 2.23. The summed E-state index contributed by atoms with van der Waals surface area (Å²) in [4.78, 5) is 0.991. The summed E-state index contributed by atoms with van der Waals surface area (Å²) < 4.78 is 26.9. The topological polar surface area (TPSA) is 63.4 Å². The van der Waals surface area contributed by atoms with E-state index in [1.54, 1.807) is 13.1 Å². The molecule has 0 radical (unpaired) electrons. The molecule has 1 aromatic carbocycles. The van der Waals surface area contributed by atoms with Crippen molar-refractivity contribution in [3.05, 3.63) is 46.8 Å². The Morgan fingerprint density at radius 2 is 1.81 bits per heavy atom. The number of nitrogens with two attached hydrogens (primary N) is 1. The lowest BCUT2D eigenvalue weighted by molar-refractivity contribution is 0.596. The van der Waals surface area contributed by atoms with Crippen LogP contribution in [0.15, 0.2) is 40.6 Å². The van der Waals surface area contributed by atoms with Gasteiger partial charge < -0.3 is 5.73 Å². The van der Waals surface area contributed by atoms with E-state index in [4.69, 9.17) is 5.73 Å². The maximum absolute atomic E-state index is 12.6. The summed E-state index contributed by atoms with van der Waals surface area (Å²) in [5.74, 6) is 0. The maximum atomic E-state index is 12.6. The second-order valence-electron chi connectivity index (χ2n) is 4.75. The number of aryl methyl sites for hydroxylation is 1. The quantitative estimate of drug-likeness (QED) is 0.888. The molecule has 2 rings (SSSR count). The molecule has 0 fully saturated rings. The molecule has 0 saturated carbocycles. The van der Waals surface area contributed by atoms with Crippen LogP contribution in [0.25, 0.3) is 0 Å². The fraction of sp³-hybridized carbons (Fsp3) is 0.333. The number of nitrogens with zero attached hydrogens (tertiary/aromatic N) is 1. The minimum Gasteiger partial charge on any atom is -0.330 e. The minimum absolute atomic E-state index is 0.355. The average molecular weight is 324 g/mol. The standard InChI is InChI=1S/C15H20N2O2S2/c1-3-12-4-6-13(7-5-12)17(2)21(18,19)15-9-8-14(20-15)10-11-16/h4-9H,3,10-11,16H2,1-2H3. The summed E-state index contributed by atoms with van der Waals surface area (Å²) >= 11 is 1.29. The van der Waals surface area contributed by atoms with Gasteiger partial charge >= 0.3 is 0 Å². The summed E-state index contributed by atoms with van der Waals surface area (Å²) in [7, 11) is -1.92. The highest BCUT2D eigenvalue weighted by atomic mass is 32.2. The van der Waals surface area contributed by atoms with E-state index in [-0.39, 0.29) is 0 Å². The molecule has 2 N–H and O–H groups in total. The fourth-order valence-electron chi connectivity index (χ4n) is 1.99. The molecule has 21 heavy (non-hydrogen) atoms. The van der Waals surface area contributed by atoms with Crippen LogP contribution in [0.2, 0.25) is 0 Å².